The first kappa shape index (κ1) is 67.6. The zero-order valence-electron chi connectivity index (χ0n) is 53.8. The number of aromatic nitrogens is 7. The smallest absolute Gasteiger partial charge is 0.354 e. The molecule has 6 aromatic carbocycles. The molecule has 0 fully saturated rings. The minimum atomic E-state index is -0.789. The minimum absolute atomic E-state index is 0.00138. The van der Waals surface area contributed by atoms with E-state index < -0.39 is 50.8 Å². The number of fused-ring (bicyclic) bond motifs is 3. The van der Waals surface area contributed by atoms with Gasteiger partial charge in [-0.3, -0.25) is 33.1 Å². The van der Waals surface area contributed by atoms with Crippen LogP contribution in [0.4, 0.5) is 0 Å². The highest BCUT2D eigenvalue weighted by Gasteiger charge is 2.27. The molecule has 0 saturated heterocycles. The molecule has 9 aromatic heterocycles. The number of hydrogen-bond donors (Lipinski definition) is 3. The molecule has 0 aliphatic heterocycles. The van der Waals surface area contributed by atoms with Gasteiger partial charge in [0, 0.05) is 71.1 Å². The third-order valence-electron chi connectivity index (χ3n) is 15.7. The zero-order chi connectivity index (χ0) is 71.0. The zero-order valence-corrected chi connectivity index (χ0v) is 56.2. The van der Waals surface area contributed by atoms with Gasteiger partial charge in [0.05, 0.1) is 38.4 Å². The van der Waals surface area contributed by atoms with Gasteiger partial charge in [0.25, 0.3) is 16.7 Å². The molecule has 0 aliphatic rings. The van der Waals surface area contributed by atoms with Crippen LogP contribution in [0.1, 0.15) is 0 Å². The van der Waals surface area contributed by atoms with Crippen LogP contribution in [0.3, 0.4) is 0 Å². The Morgan fingerprint density at radius 1 is 0.353 bits per heavy atom. The number of hydrogen-bond acceptors (Lipinski definition) is 22. The molecule has 0 spiro atoms. The van der Waals surface area contributed by atoms with Crippen molar-refractivity contribution in [3.8, 4) is 85.3 Å². The molecular weight excluding hydrogens is 1360 g/mol. The average molecular weight is 1410 g/mol. The summed E-state index contributed by atoms with van der Waals surface area (Å²) in [5.41, 5.74) is 1.58. The molecule has 0 atom stereocenters. The van der Waals surface area contributed by atoms with Gasteiger partial charge in [0.1, 0.15) is 69.9 Å². The monoisotopic (exact) mass is 1410 g/mol. The molecule has 15 rings (SSSR count). The van der Waals surface area contributed by atoms with Gasteiger partial charge in [-0.1, -0.05) is 121 Å². The van der Waals surface area contributed by atoms with E-state index in [1.54, 1.807) is 167 Å². The maximum absolute atomic E-state index is 13.8. The summed E-state index contributed by atoms with van der Waals surface area (Å²) < 4.78 is 36.7. The van der Waals surface area contributed by atoms with E-state index in [0.29, 0.717) is 61.3 Å². The van der Waals surface area contributed by atoms with E-state index in [0.717, 1.165) is 52.0 Å². The highest BCUT2D eigenvalue weighted by Crippen LogP contribution is 2.40. The predicted molar refractivity (Wildman–Crippen MR) is 388 cm³/mol. The van der Waals surface area contributed by atoms with Gasteiger partial charge in [0.15, 0.2) is 22.4 Å². The molecule has 9 heterocycles. The lowest BCUT2D eigenvalue weighted by Crippen LogP contribution is -2.21. The fraction of sp³-hybridized carbons (Fsp3) is 0.0390. The van der Waals surface area contributed by atoms with Gasteiger partial charge < -0.3 is 42.8 Å². The van der Waals surface area contributed by atoms with Crippen molar-refractivity contribution in [2.75, 3.05) is 21.3 Å². The van der Waals surface area contributed by atoms with E-state index in [-0.39, 0.29) is 52.8 Å². The Morgan fingerprint density at radius 2 is 0.686 bits per heavy atom. The number of benzene rings is 6. The molecule has 25 heteroatoms. The molecule has 102 heavy (non-hydrogen) atoms. The molecule has 3 N–H and O–H groups in total. The first-order valence-electron chi connectivity index (χ1n) is 30.8. The molecule has 0 amide bonds. The van der Waals surface area contributed by atoms with Gasteiger partial charge in [-0.05, 0) is 132 Å². The Morgan fingerprint density at radius 3 is 1.03 bits per heavy atom. The average Bonchev–Trinajstić information content (AvgIpc) is 0.758. The molecular formula is C77H53N7O15S3. The number of methoxy groups -OCH3 is 3. The summed E-state index contributed by atoms with van der Waals surface area (Å²) in [6, 6.07) is 63.7. The Kier molecular flexibility index (Phi) is 19.9. The number of pyridine rings is 5. The van der Waals surface area contributed by atoms with E-state index in [4.69, 9.17) is 27.5 Å². The quantitative estimate of drug-likeness (QED) is 0.0803. The molecule has 504 valence electrons. The second kappa shape index (κ2) is 30.0. The molecule has 0 unspecified atom stereocenters. The van der Waals surface area contributed by atoms with Gasteiger partial charge in [-0.25, -0.2) is 29.3 Å². The lowest BCUT2D eigenvalue weighted by atomic mass is 10.1. The summed E-state index contributed by atoms with van der Waals surface area (Å²) in [4.78, 5) is 96.2. The maximum atomic E-state index is 13.8. The summed E-state index contributed by atoms with van der Waals surface area (Å²) in [5, 5.41) is 33.6. The summed E-state index contributed by atoms with van der Waals surface area (Å²) in [5.74, 6) is 0.587. The topological polar surface area (TPSA) is 297 Å². The van der Waals surface area contributed by atoms with Gasteiger partial charge in [-0.15, -0.1) is 0 Å². The van der Waals surface area contributed by atoms with Crippen molar-refractivity contribution < 1.29 is 42.8 Å². The van der Waals surface area contributed by atoms with Crippen molar-refractivity contribution in [2.45, 2.75) is 29.8 Å². The van der Waals surface area contributed by atoms with Gasteiger partial charge >= 0.3 is 16.9 Å². The molecule has 0 radical (unpaired) electrons. The van der Waals surface area contributed by atoms with E-state index in [1.165, 1.54) is 26.1 Å². The van der Waals surface area contributed by atoms with E-state index >= 15 is 0 Å². The minimum Gasteiger partial charge on any atom is -0.505 e. The van der Waals surface area contributed by atoms with Crippen LogP contribution in [0.2, 0.25) is 0 Å². The molecule has 0 bridgehead atoms. The van der Waals surface area contributed by atoms with E-state index in [2.05, 4.69) is 19.9 Å². The van der Waals surface area contributed by atoms with E-state index in [1.807, 2.05) is 91.0 Å². The van der Waals surface area contributed by atoms with Crippen LogP contribution in [0.15, 0.2) is 321 Å². The number of rotatable bonds is 15. The third kappa shape index (κ3) is 13.9. The Hall–Kier alpha value is -13.0. The lowest BCUT2D eigenvalue weighted by molar-refractivity contribution is 0.414. The number of nitrogens with zero attached hydrogens (tertiary/aromatic N) is 7. The SMILES string of the molecule is COc1ccc(-n2c(-c3ccccc3)cc3oc(=O)c(Sc4ccccn4)c(O)c3c2=O)cc1.COc1ccc(-n2c(-c3ccccc3)cc3oc(=O)c(Sc4ccncc4)c(O)c3c2=O)cc1.COc1ccc(-n2c(-c3ccccc3)cc3oc(=O)c(Sc4ncccn4)c(O)c3c2=O)cc1. The van der Waals surface area contributed by atoms with E-state index in [9.17, 15) is 44.1 Å². The highest BCUT2D eigenvalue weighted by atomic mass is 32.2. The fourth-order valence-corrected chi connectivity index (χ4v) is 13.2. The highest BCUT2D eigenvalue weighted by molar-refractivity contribution is 7.99. The van der Waals surface area contributed by atoms with Crippen molar-refractivity contribution in [2.24, 2.45) is 0 Å². The van der Waals surface area contributed by atoms with Gasteiger partial charge in [-0.2, -0.15) is 0 Å². The first-order chi connectivity index (χ1) is 49.7. The summed E-state index contributed by atoms with van der Waals surface area (Å²) in [6.45, 7) is 0. The maximum Gasteiger partial charge on any atom is 0.354 e. The van der Waals surface area contributed by atoms with Crippen LogP contribution >= 0.6 is 35.3 Å². The van der Waals surface area contributed by atoms with Crippen LogP contribution in [0.25, 0.3) is 83.7 Å². The molecule has 15 aromatic rings. The number of ether oxygens (including phenoxy) is 3. The molecule has 22 nitrogen and oxygen atoms in total. The standard InChI is InChI=1S/2C26H18N2O5S.C25H17N3O5S/c1-32-18-12-10-17(11-13-18)28-19(16-7-3-2-4-8-16)15-20-22(25(28)30)23(29)24(26(31)33-20)34-21-9-5-6-14-27-21;1-32-18-9-7-17(8-10-18)28-20(16-5-3-2-4-6-16)15-21-22(25(28)30)23(29)24(26(31)33-21)34-19-11-13-27-14-12-19;1-32-17-10-8-16(9-11-17)28-18(15-6-3-2-4-7-15)14-19-20(23(28)30)21(29)22(24(31)33-19)34-25-26-12-5-13-27-25/h2*2-15,29H,1H3;2-14,29H,1H3. The normalized spacial score (nSPS) is 11.0. The summed E-state index contributed by atoms with van der Waals surface area (Å²) >= 11 is 2.78. The van der Waals surface area contributed by atoms with Crippen LogP contribution in [0.5, 0.6) is 34.5 Å². The Balaban J connectivity index is 0.000000137. The van der Waals surface area contributed by atoms with Crippen LogP contribution in [0, 0.1) is 0 Å². The Bertz CT molecular complexity index is 5370. The summed E-state index contributed by atoms with van der Waals surface area (Å²) in [6.07, 6.45) is 7.75. The van der Waals surface area contributed by atoms with Gasteiger partial charge in [0.2, 0.25) is 0 Å². The van der Waals surface area contributed by atoms with Crippen molar-refractivity contribution in [3.63, 3.8) is 0 Å². The Labute approximate surface area is 589 Å². The van der Waals surface area contributed by atoms with Crippen LogP contribution < -0.4 is 47.8 Å². The van der Waals surface area contributed by atoms with Crippen molar-refractivity contribution in [3.05, 3.63) is 312 Å². The summed E-state index contributed by atoms with van der Waals surface area (Å²) in [7, 11) is 4.68. The fourth-order valence-electron chi connectivity index (χ4n) is 10.9. The second-order valence-electron chi connectivity index (χ2n) is 21.8. The first-order valence-corrected chi connectivity index (χ1v) is 33.2. The predicted octanol–water partition coefficient (Wildman–Crippen LogP) is 14.0. The van der Waals surface area contributed by atoms with Crippen molar-refractivity contribution in [1.82, 2.24) is 33.6 Å². The van der Waals surface area contributed by atoms with Crippen molar-refractivity contribution in [1.29, 1.82) is 0 Å². The van der Waals surface area contributed by atoms with Crippen molar-refractivity contribution >= 4 is 68.2 Å². The number of aromatic hydroxyl groups is 3. The lowest BCUT2D eigenvalue weighted by Gasteiger charge is -2.16. The largest absolute Gasteiger partial charge is 0.505 e. The molecule has 0 aliphatic carbocycles. The van der Waals surface area contributed by atoms with Crippen LogP contribution in [-0.2, 0) is 0 Å². The van der Waals surface area contributed by atoms with Crippen LogP contribution in [-0.4, -0.2) is 70.3 Å². The molecule has 0 saturated carbocycles. The second-order valence-corrected chi connectivity index (χ2v) is 24.9. The third-order valence-corrected chi connectivity index (χ3v) is 18.7.